The number of benzene rings is 1. The van der Waals surface area contributed by atoms with Gasteiger partial charge in [-0.1, -0.05) is 12.1 Å². The number of rotatable bonds is 6. The van der Waals surface area contributed by atoms with E-state index in [9.17, 15) is 5.11 Å². The number of hydrogen-bond acceptors (Lipinski definition) is 3. The molecule has 1 N–H and O–H groups in total. The molecule has 1 aliphatic rings. The van der Waals surface area contributed by atoms with Gasteiger partial charge in [-0.05, 0) is 49.0 Å². The Kier molecular flexibility index (Phi) is 4.13. The van der Waals surface area contributed by atoms with Gasteiger partial charge in [0.15, 0.2) is 0 Å². The summed E-state index contributed by atoms with van der Waals surface area (Å²) in [5.74, 6) is 1.87. The van der Waals surface area contributed by atoms with Crippen molar-refractivity contribution in [1.82, 2.24) is 0 Å². The summed E-state index contributed by atoms with van der Waals surface area (Å²) in [5.41, 5.74) is 0.965. The summed E-state index contributed by atoms with van der Waals surface area (Å²) in [6.45, 7) is 0. The van der Waals surface area contributed by atoms with E-state index in [4.69, 9.17) is 4.74 Å². The molecule has 0 heterocycles. The molecule has 1 aliphatic carbocycles. The molecule has 2 nitrogen and oxygen atoms in total. The summed E-state index contributed by atoms with van der Waals surface area (Å²) in [7, 11) is 0. The lowest BCUT2D eigenvalue weighted by Crippen LogP contribution is -2.01. The van der Waals surface area contributed by atoms with Crippen LogP contribution in [0.25, 0.3) is 0 Å². The van der Waals surface area contributed by atoms with E-state index >= 15 is 0 Å². The van der Waals surface area contributed by atoms with E-state index in [-0.39, 0.29) is 6.10 Å². The minimum Gasteiger partial charge on any atom is -0.490 e. The second-order valence-electron chi connectivity index (χ2n) is 4.19. The van der Waals surface area contributed by atoms with Gasteiger partial charge in [-0.25, -0.2) is 0 Å². The normalized spacial score (nSPS) is 17.1. The van der Waals surface area contributed by atoms with Gasteiger partial charge in [-0.15, -0.1) is 0 Å². The van der Waals surface area contributed by atoms with Gasteiger partial charge in [0.1, 0.15) is 5.75 Å². The third-order valence-corrected chi connectivity index (χ3v) is 3.31. The largest absolute Gasteiger partial charge is 0.490 e. The van der Waals surface area contributed by atoms with Crippen LogP contribution < -0.4 is 4.74 Å². The lowest BCUT2D eigenvalue weighted by Gasteiger charge is -2.12. The number of hydrogen-bond donors (Lipinski definition) is 1. The molecule has 1 fully saturated rings. The smallest absolute Gasteiger partial charge is 0.120 e. The Bertz CT molecular complexity index is 336. The second kappa shape index (κ2) is 5.60. The van der Waals surface area contributed by atoms with E-state index in [2.05, 4.69) is 6.26 Å². The van der Waals surface area contributed by atoms with Gasteiger partial charge in [0, 0.05) is 0 Å². The zero-order chi connectivity index (χ0) is 11.4. The Hall–Kier alpha value is -0.670. The van der Waals surface area contributed by atoms with Crippen LogP contribution in [-0.2, 0) is 0 Å². The van der Waals surface area contributed by atoms with Gasteiger partial charge in [0.05, 0.1) is 12.2 Å². The summed E-state index contributed by atoms with van der Waals surface area (Å²) < 4.78 is 5.70. The molecule has 2 rings (SSSR count). The summed E-state index contributed by atoms with van der Waals surface area (Å²) in [4.78, 5) is 0. The molecule has 0 radical (unpaired) electrons. The monoisotopic (exact) mass is 238 g/mol. The van der Waals surface area contributed by atoms with E-state index in [0.29, 0.717) is 6.10 Å². The first-order valence-electron chi connectivity index (χ1n) is 5.73. The highest BCUT2D eigenvalue weighted by Crippen LogP contribution is 2.29. The predicted molar refractivity (Wildman–Crippen MR) is 68.1 cm³/mol. The summed E-state index contributed by atoms with van der Waals surface area (Å²) in [6.07, 6.45) is 5.24. The predicted octanol–water partition coefficient (Wildman–Crippen LogP) is 3.01. The van der Waals surface area contributed by atoms with E-state index < -0.39 is 0 Å². The standard InChI is InChI=1S/C13H18O2S/c1-16-8-7-13(14)10-3-2-4-12(9-10)15-11-5-6-11/h2-4,9,11,13-14H,5-8H2,1H3. The Balaban J connectivity index is 1.96. The lowest BCUT2D eigenvalue weighted by molar-refractivity contribution is 0.174. The van der Waals surface area contributed by atoms with Crippen molar-refractivity contribution in [2.24, 2.45) is 0 Å². The topological polar surface area (TPSA) is 29.5 Å². The van der Waals surface area contributed by atoms with Gasteiger partial charge in [0.25, 0.3) is 0 Å². The Morgan fingerprint density at radius 1 is 1.50 bits per heavy atom. The van der Waals surface area contributed by atoms with Gasteiger partial charge >= 0.3 is 0 Å². The van der Waals surface area contributed by atoms with Gasteiger partial charge < -0.3 is 9.84 Å². The van der Waals surface area contributed by atoms with Crippen LogP contribution in [0.3, 0.4) is 0 Å². The molecular formula is C13H18O2S. The molecule has 1 saturated carbocycles. The first-order valence-corrected chi connectivity index (χ1v) is 7.12. The van der Waals surface area contributed by atoms with Crippen molar-refractivity contribution < 1.29 is 9.84 Å². The van der Waals surface area contributed by atoms with Crippen molar-refractivity contribution >= 4 is 11.8 Å². The second-order valence-corrected chi connectivity index (χ2v) is 5.17. The van der Waals surface area contributed by atoms with Crippen molar-refractivity contribution in [3.05, 3.63) is 29.8 Å². The fraction of sp³-hybridized carbons (Fsp3) is 0.538. The molecule has 0 aliphatic heterocycles. The molecule has 88 valence electrons. The van der Waals surface area contributed by atoms with Crippen LogP contribution in [0.5, 0.6) is 5.75 Å². The maximum atomic E-state index is 9.96. The average molecular weight is 238 g/mol. The Morgan fingerprint density at radius 2 is 2.31 bits per heavy atom. The summed E-state index contributed by atoms with van der Waals surface area (Å²) in [5, 5.41) is 9.96. The fourth-order valence-electron chi connectivity index (χ4n) is 1.57. The van der Waals surface area contributed by atoms with Crippen molar-refractivity contribution in [3.8, 4) is 5.75 Å². The average Bonchev–Trinajstić information content (AvgIpc) is 3.10. The lowest BCUT2D eigenvalue weighted by atomic mass is 10.1. The minimum atomic E-state index is -0.366. The zero-order valence-electron chi connectivity index (χ0n) is 9.56. The number of aliphatic hydroxyl groups excluding tert-OH is 1. The third-order valence-electron chi connectivity index (χ3n) is 2.67. The van der Waals surface area contributed by atoms with Gasteiger partial charge in [-0.2, -0.15) is 11.8 Å². The Morgan fingerprint density at radius 3 is 3.00 bits per heavy atom. The van der Waals surface area contributed by atoms with E-state index in [1.165, 1.54) is 12.8 Å². The van der Waals surface area contributed by atoms with Crippen LogP contribution in [0.15, 0.2) is 24.3 Å². The molecule has 1 aromatic rings. The number of aliphatic hydroxyl groups is 1. The van der Waals surface area contributed by atoms with Gasteiger partial charge in [0.2, 0.25) is 0 Å². The van der Waals surface area contributed by atoms with Crippen LogP contribution in [0.2, 0.25) is 0 Å². The summed E-state index contributed by atoms with van der Waals surface area (Å²) in [6, 6.07) is 7.84. The molecular weight excluding hydrogens is 220 g/mol. The van der Waals surface area contributed by atoms with Crippen molar-refractivity contribution in [1.29, 1.82) is 0 Å². The van der Waals surface area contributed by atoms with Crippen LogP contribution in [0.4, 0.5) is 0 Å². The maximum Gasteiger partial charge on any atom is 0.120 e. The van der Waals surface area contributed by atoms with Crippen LogP contribution >= 0.6 is 11.8 Å². The quantitative estimate of drug-likeness (QED) is 0.826. The maximum absolute atomic E-state index is 9.96. The number of ether oxygens (including phenoxy) is 1. The van der Waals surface area contributed by atoms with Crippen molar-refractivity contribution in [2.75, 3.05) is 12.0 Å². The highest BCUT2D eigenvalue weighted by Gasteiger charge is 2.23. The first-order chi connectivity index (χ1) is 7.79. The molecule has 0 aromatic heterocycles. The summed E-state index contributed by atoms with van der Waals surface area (Å²) >= 11 is 1.76. The SMILES string of the molecule is CSCCC(O)c1cccc(OC2CC2)c1. The van der Waals surface area contributed by atoms with Crippen LogP contribution in [0.1, 0.15) is 30.9 Å². The molecule has 0 spiro atoms. The molecule has 16 heavy (non-hydrogen) atoms. The Labute approximate surface area is 101 Å². The van der Waals surface area contributed by atoms with E-state index in [1.54, 1.807) is 11.8 Å². The van der Waals surface area contributed by atoms with E-state index in [0.717, 1.165) is 23.5 Å². The molecule has 1 aromatic carbocycles. The van der Waals surface area contributed by atoms with E-state index in [1.807, 2.05) is 24.3 Å². The van der Waals surface area contributed by atoms with Crippen molar-refractivity contribution in [3.63, 3.8) is 0 Å². The molecule has 0 amide bonds. The molecule has 3 heteroatoms. The fourth-order valence-corrected chi connectivity index (χ4v) is 2.03. The molecule has 0 saturated heterocycles. The van der Waals surface area contributed by atoms with Gasteiger partial charge in [-0.3, -0.25) is 0 Å². The molecule has 1 atom stereocenters. The third kappa shape index (κ3) is 3.42. The molecule has 0 bridgehead atoms. The van der Waals surface area contributed by atoms with Crippen LogP contribution in [0, 0.1) is 0 Å². The zero-order valence-corrected chi connectivity index (χ0v) is 10.4. The van der Waals surface area contributed by atoms with Crippen molar-refractivity contribution in [2.45, 2.75) is 31.5 Å². The molecule has 1 unspecified atom stereocenters. The first kappa shape index (κ1) is 11.8. The highest BCUT2D eigenvalue weighted by atomic mass is 32.2. The highest BCUT2D eigenvalue weighted by molar-refractivity contribution is 7.98. The minimum absolute atomic E-state index is 0.366. The van der Waals surface area contributed by atoms with Crippen LogP contribution in [-0.4, -0.2) is 23.2 Å². The number of thioether (sulfide) groups is 1.